The van der Waals surface area contributed by atoms with Gasteiger partial charge in [0, 0.05) is 67.4 Å². The van der Waals surface area contributed by atoms with Gasteiger partial charge in [-0.05, 0) is 186 Å². The smallest absolute Gasteiger partial charge is 0.252 e. The molecule has 4 heterocycles. The third-order valence-electron chi connectivity index (χ3n) is 19.4. The van der Waals surface area contributed by atoms with E-state index in [1.807, 2.05) is 0 Å². The maximum Gasteiger partial charge on any atom is 0.252 e. The van der Waals surface area contributed by atoms with Crippen LogP contribution in [0.25, 0.3) is 83.1 Å². The summed E-state index contributed by atoms with van der Waals surface area (Å²) in [4.78, 5) is 7.70. The molecular formula is C86H67BN4. The van der Waals surface area contributed by atoms with Crippen LogP contribution in [0.15, 0.2) is 297 Å². The fraction of sp³-hybridized carbons (Fsp3) is 0.0930. The molecule has 5 heteroatoms. The largest absolute Gasteiger partial charge is 0.311 e. The van der Waals surface area contributed by atoms with Crippen molar-refractivity contribution < 1.29 is 0 Å². The Hall–Kier alpha value is -10.9. The molecule has 0 spiro atoms. The molecule has 0 saturated heterocycles. The van der Waals surface area contributed by atoms with Crippen LogP contribution in [0.1, 0.15) is 52.7 Å². The Kier molecular flexibility index (Phi) is 12.5. The van der Waals surface area contributed by atoms with Crippen LogP contribution in [0.3, 0.4) is 0 Å². The lowest BCUT2D eigenvalue weighted by atomic mass is 9.33. The van der Waals surface area contributed by atoms with Crippen molar-refractivity contribution in [1.82, 2.24) is 4.57 Å². The van der Waals surface area contributed by atoms with Gasteiger partial charge in [0.05, 0.1) is 22.4 Å². The minimum absolute atomic E-state index is 0.0325. The molecule has 0 aliphatic carbocycles. The van der Waals surface area contributed by atoms with Crippen LogP contribution in [-0.4, -0.2) is 11.3 Å². The first-order chi connectivity index (χ1) is 44.4. The predicted octanol–water partition coefficient (Wildman–Crippen LogP) is 21.6. The summed E-state index contributed by atoms with van der Waals surface area (Å²) in [6.45, 7) is 13.7. The Bertz CT molecular complexity index is 5070. The number of rotatable bonds is 8. The fourth-order valence-electron chi connectivity index (χ4n) is 14.9. The Morgan fingerprint density at radius 3 is 1.32 bits per heavy atom. The molecule has 0 saturated carbocycles. The molecule has 17 rings (SSSR count). The average Bonchev–Trinajstić information content (AvgIpc) is 1.66. The second-order valence-corrected chi connectivity index (χ2v) is 26.9. The Labute approximate surface area is 534 Å². The highest BCUT2D eigenvalue weighted by Gasteiger charge is 2.47. The molecule has 4 nitrogen and oxygen atoms in total. The zero-order valence-electron chi connectivity index (χ0n) is 52.2. The highest BCUT2D eigenvalue weighted by Crippen LogP contribution is 2.56. The number of aromatic nitrogens is 1. The van der Waals surface area contributed by atoms with Gasteiger partial charge in [-0.3, -0.25) is 0 Å². The van der Waals surface area contributed by atoms with Crippen molar-refractivity contribution in [2.45, 2.75) is 52.4 Å². The second-order valence-electron chi connectivity index (χ2n) is 26.9. The first-order valence-electron chi connectivity index (χ1n) is 32.0. The summed E-state index contributed by atoms with van der Waals surface area (Å²) in [6.07, 6.45) is 0. The van der Waals surface area contributed by atoms with Crippen LogP contribution in [0.2, 0.25) is 0 Å². The number of fused-ring (bicyclic) bond motifs is 12. The van der Waals surface area contributed by atoms with Crippen LogP contribution in [0, 0.1) is 0 Å². The molecule has 3 aliphatic heterocycles. The molecule has 3 aliphatic rings. The molecular weight excluding hydrogens is 1100 g/mol. The van der Waals surface area contributed by atoms with E-state index in [0.717, 1.165) is 51.2 Å². The summed E-state index contributed by atoms with van der Waals surface area (Å²) in [5.41, 5.74) is 31.8. The molecule has 0 N–H and O–H groups in total. The van der Waals surface area contributed by atoms with Gasteiger partial charge < -0.3 is 19.3 Å². The normalized spacial score (nSPS) is 12.9. The van der Waals surface area contributed by atoms with Gasteiger partial charge in [0.15, 0.2) is 0 Å². The van der Waals surface area contributed by atoms with Gasteiger partial charge in [0.2, 0.25) is 0 Å². The fourth-order valence-corrected chi connectivity index (χ4v) is 14.9. The number of anilines is 9. The second kappa shape index (κ2) is 20.9. The van der Waals surface area contributed by atoms with Gasteiger partial charge in [0.25, 0.3) is 6.71 Å². The van der Waals surface area contributed by atoms with E-state index >= 15 is 0 Å². The van der Waals surface area contributed by atoms with Crippen molar-refractivity contribution >= 4 is 96.1 Å². The summed E-state index contributed by atoms with van der Waals surface area (Å²) < 4.78 is 2.53. The number of nitrogens with zero attached hydrogens (tertiary/aromatic N) is 4. The minimum atomic E-state index is -0.197. The van der Waals surface area contributed by atoms with Crippen LogP contribution in [0.5, 0.6) is 0 Å². The van der Waals surface area contributed by atoms with Crippen LogP contribution in [-0.2, 0) is 10.8 Å². The lowest BCUT2D eigenvalue weighted by molar-refractivity contribution is 0.590. The van der Waals surface area contributed by atoms with Gasteiger partial charge in [-0.2, -0.15) is 0 Å². The quantitative estimate of drug-likeness (QED) is 0.141. The first-order valence-corrected chi connectivity index (χ1v) is 32.0. The number of hydrogen-bond acceptors (Lipinski definition) is 3. The summed E-state index contributed by atoms with van der Waals surface area (Å²) >= 11 is 0. The molecule has 0 atom stereocenters. The van der Waals surface area contributed by atoms with E-state index in [4.69, 9.17) is 0 Å². The lowest BCUT2D eigenvalue weighted by Gasteiger charge is -2.45. The zero-order chi connectivity index (χ0) is 61.3. The van der Waals surface area contributed by atoms with E-state index in [9.17, 15) is 0 Å². The summed E-state index contributed by atoms with van der Waals surface area (Å²) in [6, 6.07) is 112. The molecule has 0 amide bonds. The van der Waals surface area contributed by atoms with Gasteiger partial charge in [-0.1, -0.05) is 236 Å². The topological polar surface area (TPSA) is 14.7 Å². The van der Waals surface area contributed by atoms with Crippen molar-refractivity contribution in [3.63, 3.8) is 0 Å². The van der Waals surface area contributed by atoms with E-state index < -0.39 is 0 Å². The lowest BCUT2D eigenvalue weighted by Crippen LogP contribution is -2.61. The van der Waals surface area contributed by atoms with Crippen molar-refractivity contribution in [3.05, 3.63) is 308 Å². The predicted molar refractivity (Wildman–Crippen MR) is 388 cm³/mol. The molecule has 0 radical (unpaired) electrons. The summed E-state index contributed by atoms with van der Waals surface area (Å²) in [5, 5.41) is 2.54. The molecule has 14 aromatic rings. The Balaban J connectivity index is 1.01. The highest BCUT2D eigenvalue weighted by atomic mass is 15.2. The SMILES string of the molecule is CC(C)(C)c1ccc2c(c1)c1cc(C(C)(C)C)ccc1n2-c1ccc2c(c1)N(c1ccc(-c3ccccc3)cc1)c1cc(N(c3ccccc3)c3ccccc3)cc3c1B2c1cc(-c2ccccc2)cc2c1N3c1ccc(-c3ccccc3)cc1-c1ccccc1-2. The van der Waals surface area contributed by atoms with Gasteiger partial charge in [-0.15, -0.1) is 0 Å². The third-order valence-corrected chi connectivity index (χ3v) is 19.4. The standard InChI is InChI=1S/C86H67BN4/c1-85(2,3)62-39-46-77-72(51-62)73-52-63(86(4,5)6)40-47-78(73)90(77)67-43-44-75-80(53-67)89(66-41-36-59(37-42-66)56-24-12-7-13-25-56)81-54-68(88(64-30-18-10-19-31-64)65-32-20-11-21-33-65)55-82-83(81)87(75)76-50-61(58-28-16-9-17-29-58)49-74-70-35-23-22-34-69(70)71-48-60(57-26-14-8-15-27-57)38-45-79(71)91(82)84(74)76/h7-55H,1-6H3. The monoisotopic (exact) mass is 1170 g/mol. The molecule has 0 unspecified atom stereocenters. The summed E-state index contributed by atoms with van der Waals surface area (Å²) in [5.74, 6) is 0. The number of para-hydroxylation sites is 2. The van der Waals surface area contributed by atoms with Crippen molar-refractivity contribution in [3.8, 4) is 61.3 Å². The molecule has 91 heavy (non-hydrogen) atoms. The van der Waals surface area contributed by atoms with Crippen LogP contribution in [0.4, 0.5) is 51.2 Å². The molecule has 1 aromatic heterocycles. The van der Waals surface area contributed by atoms with Gasteiger partial charge in [-0.25, -0.2) is 0 Å². The van der Waals surface area contributed by atoms with E-state index in [-0.39, 0.29) is 17.5 Å². The zero-order valence-corrected chi connectivity index (χ0v) is 52.2. The van der Waals surface area contributed by atoms with Gasteiger partial charge in [0.1, 0.15) is 0 Å². The van der Waals surface area contributed by atoms with Crippen molar-refractivity contribution in [1.29, 1.82) is 0 Å². The molecule has 0 bridgehead atoms. The average molecular weight is 1170 g/mol. The first kappa shape index (κ1) is 54.3. The maximum atomic E-state index is 2.66. The minimum Gasteiger partial charge on any atom is -0.311 e. The highest BCUT2D eigenvalue weighted by molar-refractivity contribution is 7.00. The van der Waals surface area contributed by atoms with Crippen molar-refractivity contribution in [2.75, 3.05) is 14.7 Å². The Morgan fingerprint density at radius 1 is 0.297 bits per heavy atom. The number of hydrogen-bond donors (Lipinski definition) is 0. The third kappa shape index (κ3) is 8.89. The van der Waals surface area contributed by atoms with Gasteiger partial charge >= 0.3 is 0 Å². The molecule has 0 fully saturated rings. The van der Waals surface area contributed by atoms with Crippen LogP contribution >= 0.6 is 0 Å². The molecule has 13 aromatic carbocycles. The maximum absolute atomic E-state index is 2.66. The molecule has 434 valence electrons. The van der Waals surface area contributed by atoms with E-state index in [0.29, 0.717) is 0 Å². The summed E-state index contributed by atoms with van der Waals surface area (Å²) in [7, 11) is 0. The Morgan fingerprint density at radius 2 is 0.758 bits per heavy atom. The van der Waals surface area contributed by atoms with Crippen LogP contribution < -0.4 is 31.1 Å². The van der Waals surface area contributed by atoms with E-state index in [2.05, 4.69) is 358 Å². The number of benzene rings is 13. The van der Waals surface area contributed by atoms with E-state index in [1.54, 1.807) is 0 Å². The van der Waals surface area contributed by atoms with Crippen molar-refractivity contribution in [2.24, 2.45) is 0 Å². The van der Waals surface area contributed by atoms with E-state index in [1.165, 1.54) is 111 Å².